The summed E-state index contributed by atoms with van der Waals surface area (Å²) in [6, 6.07) is 15.1. The summed E-state index contributed by atoms with van der Waals surface area (Å²) in [5.41, 5.74) is 0.955. The average molecular weight is 451 g/mol. The van der Waals surface area contributed by atoms with Gasteiger partial charge in [-0.25, -0.2) is 13.2 Å². The van der Waals surface area contributed by atoms with Crippen LogP contribution in [-0.4, -0.2) is 62.3 Å². The maximum absolute atomic E-state index is 12.7. The maximum Gasteiger partial charge on any atom is 0.315 e. The molecule has 1 fully saturated rings. The van der Waals surface area contributed by atoms with Gasteiger partial charge in [-0.15, -0.1) is 0 Å². The van der Waals surface area contributed by atoms with Crippen molar-refractivity contribution in [3.63, 3.8) is 0 Å². The summed E-state index contributed by atoms with van der Waals surface area (Å²) in [4.78, 5) is 25.9. The van der Waals surface area contributed by atoms with E-state index in [1.165, 1.54) is 16.4 Å². The largest absolute Gasteiger partial charge is 0.339 e. The van der Waals surface area contributed by atoms with Crippen molar-refractivity contribution in [3.8, 4) is 0 Å². The normalized spacial score (nSPS) is 14.9. The monoisotopic (exact) mass is 450 g/mol. The van der Waals surface area contributed by atoms with Crippen molar-refractivity contribution in [1.82, 2.24) is 19.8 Å². The molecule has 2 aromatic carbocycles. The van der Waals surface area contributed by atoms with Crippen LogP contribution in [0.4, 0.5) is 4.79 Å². The highest BCUT2D eigenvalue weighted by atomic mass is 35.5. The number of benzene rings is 2. The van der Waals surface area contributed by atoms with Crippen molar-refractivity contribution in [2.75, 3.05) is 32.7 Å². The van der Waals surface area contributed by atoms with Crippen LogP contribution in [0, 0.1) is 0 Å². The van der Waals surface area contributed by atoms with Crippen molar-refractivity contribution >= 4 is 33.6 Å². The molecule has 0 unspecified atom stereocenters. The Morgan fingerprint density at radius 3 is 2.30 bits per heavy atom. The predicted octanol–water partition coefficient (Wildman–Crippen LogP) is 1.67. The zero-order valence-corrected chi connectivity index (χ0v) is 17.8. The Balaban J connectivity index is 1.44. The Hall–Kier alpha value is -2.62. The number of halogens is 1. The van der Waals surface area contributed by atoms with Gasteiger partial charge >= 0.3 is 6.03 Å². The number of carbonyl (C=O) groups excluding carboxylic acids is 2. The van der Waals surface area contributed by atoms with E-state index in [0.717, 1.165) is 5.56 Å². The summed E-state index contributed by atoms with van der Waals surface area (Å²) in [6.45, 7) is 1.09. The summed E-state index contributed by atoms with van der Waals surface area (Å²) in [6.07, 6.45) is 0. The first kappa shape index (κ1) is 22.1. The Bertz CT molecular complexity index is 993. The van der Waals surface area contributed by atoms with E-state index in [1.54, 1.807) is 17.0 Å². The zero-order valence-electron chi connectivity index (χ0n) is 16.3. The summed E-state index contributed by atoms with van der Waals surface area (Å²) < 4.78 is 26.8. The van der Waals surface area contributed by atoms with Crippen LogP contribution in [0.2, 0.25) is 5.02 Å². The third-order valence-corrected chi connectivity index (χ3v) is 6.85. The number of carbonyl (C=O) groups is 2. The standard InChI is InChI=1S/C20H23ClN4O4S/c21-17-7-4-8-18(13-17)30(28,29)25-11-9-24(10-12-25)19(26)15-23-20(27)22-14-16-5-2-1-3-6-16/h1-8,13H,9-12,14-15H2,(H2,22,23,27). The second-order valence-electron chi connectivity index (χ2n) is 6.76. The number of hydrogen-bond acceptors (Lipinski definition) is 4. The second-order valence-corrected chi connectivity index (χ2v) is 9.14. The van der Waals surface area contributed by atoms with Crippen LogP contribution in [0.3, 0.4) is 0 Å². The number of urea groups is 1. The Kier molecular flexibility index (Phi) is 7.30. The molecule has 1 saturated heterocycles. The fourth-order valence-electron chi connectivity index (χ4n) is 3.06. The van der Waals surface area contributed by atoms with Gasteiger partial charge in [0.15, 0.2) is 0 Å². The first-order chi connectivity index (χ1) is 14.4. The number of sulfonamides is 1. The average Bonchev–Trinajstić information content (AvgIpc) is 2.77. The molecule has 1 aliphatic heterocycles. The minimum Gasteiger partial charge on any atom is -0.339 e. The Labute approximate surface area is 180 Å². The summed E-state index contributed by atoms with van der Waals surface area (Å²) >= 11 is 5.90. The molecule has 2 aromatic rings. The molecular formula is C20H23ClN4O4S. The lowest BCUT2D eigenvalue weighted by atomic mass is 10.2. The van der Waals surface area contributed by atoms with Gasteiger partial charge in [0.2, 0.25) is 15.9 Å². The molecule has 1 aliphatic rings. The molecule has 2 N–H and O–H groups in total. The molecule has 0 radical (unpaired) electrons. The van der Waals surface area contributed by atoms with Crippen LogP contribution in [0.25, 0.3) is 0 Å². The number of nitrogens with one attached hydrogen (secondary N) is 2. The zero-order chi connectivity index (χ0) is 21.6. The number of nitrogens with zero attached hydrogens (tertiary/aromatic N) is 2. The van der Waals surface area contributed by atoms with Gasteiger partial charge in [0, 0.05) is 37.7 Å². The summed E-state index contributed by atoms with van der Waals surface area (Å²) in [5, 5.41) is 5.57. The van der Waals surface area contributed by atoms with Crippen LogP contribution in [0.1, 0.15) is 5.56 Å². The summed E-state index contributed by atoms with van der Waals surface area (Å²) in [7, 11) is -3.66. The molecule has 8 nitrogen and oxygen atoms in total. The first-order valence-electron chi connectivity index (χ1n) is 9.45. The fraction of sp³-hybridized carbons (Fsp3) is 0.300. The molecule has 3 amide bonds. The molecular weight excluding hydrogens is 428 g/mol. The molecule has 3 rings (SSSR count). The molecule has 160 valence electrons. The molecule has 1 heterocycles. The number of piperazine rings is 1. The van der Waals surface area contributed by atoms with E-state index in [0.29, 0.717) is 11.6 Å². The Morgan fingerprint density at radius 1 is 0.933 bits per heavy atom. The van der Waals surface area contributed by atoms with E-state index in [9.17, 15) is 18.0 Å². The lowest BCUT2D eigenvalue weighted by molar-refractivity contribution is -0.131. The third-order valence-electron chi connectivity index (χ3n) is 4.72. The fourth-order valence-corrected chi connectivity index (χ4v) is 4.79. The quantitative estimate of drug-likeness (QED) is 0.699. The molecule has 0 saturated carbocycles. The highest BCUT2D eigenvalue weighted by Gasteiger charge is 2.30. The van der Waals surface area contributed by atoms with Gasteiger partial charge in [0.05, 0.1) is 11.4 Å². The van der Waals surface area contributed by atoms with Crippen LogP contribution in [0.15, 0.2) is 59.5 Å². The predicted molar refractivity (Wildman–Crippen MR) is 113 cm³/mol. The van der Waals surface area contributed by atoms with E-state index in [1.807, 2.05) is 30.3 Å². The van der Waals surface area contributed by atoms with E-state index in [4.69, 9.17) is 11.6 Å². The van der Waals surface area contributed by atoms with E-state index < -0.39 is 16.1 Å². The van der Waals surface area contributed by atoms with Crippen molar-refractivity contribution < 1.29 is 18.0 Å². The minimum atomic E-state index is -3.66. The molecule has 10 heteroatoms. The van der Waals surface area contributed by atoms with Gasteiger partial charge in [-0.1, -0.05) is 48.0 Å². The molecule has 0 atom stereocenters. The van der Waals surface area contributed by atoms with Gasteiger partial charge in [0.25, 0.3) is 0 Å². The van der Waals surface area contributed by atoms with Gasteiger partial charge in [0.1, 0.15) is 0 Å². The minimum absolute atomic E-state index is 0.131. The van der Waals surface area contributed by atoms with Crippen LogP contribution in [0.5, 0.6) is 0 Å². The Morgan fingerprint density at radius 2 is 1.63 bits per heavy atom. The lowest BCUT2D eigenvalue weighted by Gasteiger charge is -2.34. The van der Waals surface area contributed by atoms with Gasteiger partial charge in [-0.2, -0.15) is 4.31 Å². The smallest absolute Gasteiger partial charge is 0.315 e. The number of hydrogen-bond donors (Lipinski definition) is 2. The number of rotatable bonds is 6. The van der Waals surface area contributed by atoms with E-state index in [-0.39, 0.29) is 43.5 Å². The van der Waals surface area contributed by atoms with Gasteiger partial charge in [-0.3, -0.25) is 4.79 Å². The number of amides is 3. The van der Waals surface area contributed by atoms with Crippen LogP contribution < -0.4 is 10.6 Å². The van der Waals surface area contributed by atoms with Crippen molar-refractivity contribution in [2.45, 2.75) is 11.4 Å². The third kappa shape index (κ3) is 5.71. The van der Waals surface area contributed by atoms with E-state index in [2.05, 4.69) is 10.6 Å². The van der Waals surface area contributed by atoms with E-state index >= 15 is 0 Å². The highest BCUT2D eigenvalue weighted by Crippen LogP contribution is 2.20. The SMILES string of the molecule is O=C(NCC(=O)N1CCN(S(=O)(=O)c2cccc(Cl)c2)CC1)NCc1ccccc1. The first-order valence-corrected chi connectivity index (χ1v) is 11.3. The van der Waals surface area contributed by atoms with Crippen molar-refractivity contribution in [1.29, 1.82) is 0 Å². The molecule has 0 aromatic heterocycles. The molecule has 0 aliphatic carbocycles. The molecule has 0 spiro atoms. The highest BCUT2D eigenvalue weighted by molar-refractivity contribution is 7.89. The van der Waals surface area contributed by atoms with Crippen LogP contribution in [-0.2, 0) is 21.4 Å². The molecule has 30 heavy (non-hydrogen) atoms. The van der Waals surface area contributed by atoms with Crippen molar-refractivity contribution in [2.24, 2.45) is 0 Å². The van der Waals surface area contributed by atoms with Gasteiger partial charge < -0.3 is 15.5 Å². The lowest BCUT2D eigenvalue weighted by Crippen LogP contribution is -2.53. The summed E-state index contributed by atoms with van der Waals surface area (Å²) in [5.74, 6) is -0.260. The van der Waals surface area contributed by atoms with Gasteiger partial charge in [-0.05, 0) is 23.8 Å². The van der Waals surface area contributed by atoms with Crippen LogP contribution >= 0.6 is 11.6 Å². The molecule has 0 bridgehead atoms. The maximum atomic E-state index is 12.7. The second kappa shape index (κ2) is 9.92. The van der Waals surface area contributed by atoms with Crippen molar-refractivity contribution in [3.05, 3.63) is 65.2 Å². The topological polar surface area (TPSA) is 98.8 Å².